The van der Waals surface area contributed by atoms with Crippen molar-refractivity contribution in [3.05, 3.63) is 29.8 Å². The first-order valence-electron chi connectivity index (χ1n) is 4.55. The summed E-state index contributed by atoms with van der Waals surface area (Å²) in [5, 5.41) is 0. The van der Waals surface area contributed by atoms with E-state index in [1.807, 2.05) is 30.5 Å². The van der Waals surface area contributed by atoms with E-state index in [4.69, 9.17) is 5.73 Å². The van der Waals surface area contributed by atoms with Crippen LogP contribution < -0.4 is 16.6 Å². The molecule has 1 amide bonds. The molecule has 15 heavy (non-hydrogen) atoms. The average molecular weight is 225 g/mol. The molecule has 0 fully saturated rings. The van der Waals surface area contributed by atoms with Gasteiger partial charge in [-0.15, -0.1) is 11.8 Å². The van der Waals surface area contributed by atoms with Crippen molar-refractivity contribution >= 4 is 17.7 Å². The molecule has 1 rings (SSSR count). The Morgan fingerprint density at radius 1 is 1.40 bits per heavy atom. The Kier molecular flexibility index (Phi) is 4.61. The van der Waals surface area contributed by atoms with Crippen molar-refractivity contribution in [2.24, 2.45) is 5.73 Å². The summed E-state index contributed by atoms with van der Waals surface area (Å²) in [5.41, 5.74) is 11.6. The highest BCUT2D eigenvalue weighted by molar-refractivity contribution is 7.98. The molecular formula is C10H15N3OS. The molecule has 0 saturated heterocycles. The fourth-order valence-electron chi connectivity index (χ4n) is 1.16. The van der Waals surface area contributed by atoms with Gasteiger partial charge in [0.15, 0.2) is 0 Å². The number of thioether (sulfide) groups is 1. The lowest BCUT2D eigenvalue weighted by Crippen LogP contribution is -2.40. The maximum atomic E-state index is 11.4. The molecule has 0 aromatic heterocycles. The first-order valence-corrected chi connectivity index (χ1v) is 5.77. The van der Waals surface area contributed by atoms with E-state index in [9.17, 15) is 4.79 Å². The van der Waals surface area contributed by atoms with Gasteiger partial charge in [0.2, 0.25) is 0 Å². The van der Waals surface area contributed by atoms with Crippen LogP contribution in [0, 0.1) is 0 Å². The van der Waals surface area contributed by atoms with Crippen LogP contribution >= 0.6 is 11.8 Å². The second kappa shape index (κ2) is 5.75. The van der Waals surface area contributed by atoms with Gasteiger partial charge in [-0.1, -0.05) is 12.1 Å². The third-order valence-electron chi connectivity index (χ3n) is 2.01. The molecule has 1 atom stereocenters. The number of hydrazine groups is 1. The van der Waals surface area contributed by atoms with Gasteiger partial charge in [-0.25, -0.2) is 5.43 Å². The topological polar surface area (TPSA) is 67.1 Å². The summed E-state index contributed by atoms with van der Waals surface area (Å²) in [4.78, 5) is 12.5. The highest BCUT2D eigenvalue weighted by Crippen LogP contribution is 2.17. The van der Waals surface area contributed by atoms with Crippen LogP contribution in [0.5, 0.6) is 0 Å². The van der Waals surface area contributed by atoms with Crippen LogP contribution in [0.3, 0.4) is 0 Å². The van der Waals surface area contributed by atoms with Crippen molar-refractivity contribution < 1.29 is 4.79 Å². The van der Waals surface area contributed by atoms with Gasteiger partial charge in [0.05, 0.1) is 0 Å². The third-order valence-corrected chi connectivity index (χ3v) is 2.75. The fraction of sp³-hybridized carbons (Fsp3) is 0.300. The molecule has 1 aromatic rings. The summed E-state index contributed by atoms with van der Waals surface area (Å²) >= 11 is 1.65. The zero-order chi connectivity index (χ0) is 11.3. The number of nitrogens with two attached hydrogens (primary N) is 1. The molecule has 0 aliphatic carbocycles. The number of nitrogens with one attached hydrogen (secondary N) is 2. The van der Waals surface area contributed by atoms with E-state index in [0.717, 1.165) is 10.5 Å². The molecule has 0 radical (unpaired) electrons. The fourth-order valence-corrected chi connectivity index (χ4v) is 1.57. The van der Waals surface area contributed by atoms with Crippen LogP contribution in [-0.2, 0) is 4.79 Å². The summed E-state index contributed by atoms with van der Waals surface area (Å²) in [6, 6.07) is 7.00. The van der Waals surface area contributed by atoms with E-state index in [1.165, 1.54) is 0 Å². The molecule has 1 aromatic carbocycles. The Balaban J connectivity index is 2.73. The molecule has 0 bridgehead atoms. The van der Waals surface area contributed by atoms with Crippen LogP contribution in [0.2, 0.25) is 0 Å². The molecule has 0 spiro atoms. The van der Waals surface area contributed by atoms with Crippen molar-refractivity contribution in [1.82, 2.24) is 10.9 Å². The third kappa shape index (κ3) is 3.23. The molecule has 82 valence electrons. The number of amides is 1. The van der Waals surface area contributed by atoms with Gasteiger partial charge in [-0.3, -0.25) is 10.2 Å². The zero-order valence-electron chi connectivity index (χ0n) is 8.78. The van der Waals surface area contributed by atoms with Crippen LogP contribution in [0.15, 0.2) is 29.2 Å². The quantitative estimate of drug-likeness (QED) is 0.520. The molecule has 4 N–H and O–H groups in total. The molecule has 0 aliphatic rings. The van der Waals surface area contributed by atoms with E-state index in [1.54, 1.807) is 18.8 Å². The summed E-state index contributed by atoms with van der Waals surface area (Å²) in [6.45, 7) is 0. The van der Waals surface area contributed by atoms with Crippen LogP contribution in [0.25, 0.3) is 0 Å². The molecule has 4 nitrogen and oxygen atoms in total. The van der Waals surface area contributed by atoms with Gasteiger partial charge < -0.3 is 5.73 Å². The molecule has 5 heteroatoms. The summed E-state index contributed by atoms with van der Waals surface area (Å²) in [5.74, 6) is -0.241. The number of benzene rings is 1. The second-order valence-corrected chi connectivity index (χ2v) is 3.87. The van der Waals surface area contributed by atoms with Gasteiger partial charge in [0, 0.05) is 11.9 Å². The van der Waals surface area contributed by atoms with Crippen molar-refractivity contribution in [2.45, 2.75) is 10.9 Å². The molecule has 0 saturated carbocycles. The second-order valence-electron chi connectivity index (χ2n) is 2.99. The van der Waals surface area contributed by atoms with Crippen LogP contribution in [-0.4, -0.2) is 19.2 Å². The van der Waals surface area contributed by atoms with Crippen LogP contribution in [0.1, 0.15) is 11.6 Å². The Hall–Kier alpha value is -1.04. The minimum absolute atomic E-state index is 0.241. The van der Waals surface area contributed by atoms with Crippen LogP contribution in [0.4, 0.5) is 0 Å². The number of hydrogen-bond acceptors (Lipinski definition) is 4. The maximum absolute atomic E-state index is 11.4. The lowest BCUT2D eigenvalue weighted by Gasteiger charge is -2.11. The summed E-state index contributed by atoms with van der Waals surface area (Å²) in [7, 11) is 1.63. The van der Waals surface area contributed by atoms with E-state index >= 15 is 0 Å². The van der Waals surface area contributed by atoms with E-state index < -0.39 is 6.04 Å². The maximum Gasteiger partial charge on any atom is 0.255 e. The smallest absolute Gasteiger partial charge is 0.255 e. The molecular weight excluding hydrogens is 210 g/mol. The average Bonchev–Trinajstić information content (AvgIpc) is 2.28. The highest BCUT2D eigenvalue weighted by atomic mass is 32.2. The highest BCUT2D eigenvalue weighted by Gasteiger charge is 2.14. The molecule has 0 aliphatic heterocycles. The van der Waals surface area contributed by atoms with Crippen molar-refractivity contribution in [1.29, 1.82) is 0 Å². The van der Waals surface area contributed by atoms with Gasteiger partial charge >= 0.3 is 0 Å². The first-order chi connectivity index (χ1) is 7.19. The zero-order valence-corrected chi connectivity index (χ0v) is 9.60. The van der Waals surface area contributed by atoms with E-state index in [0.29, 0.717) is 0 Å². The minimum atomic E-state index is -0.631. The standard InChI is InChI=1S/C10H15N3OS/c1-12-13-10(14)9(11)7-3-5-8(15-2)6-4-7/h3-6,9,12H,11H2,1-2H3,(H,13,14). The van der Waals surface area contributed by atoms with Crippen molar-refractivity contribution in [3.63, 3.8) is 0 Å². The molecule has 0 heterocycles. The van der Waals surface area contributed by atoms with E-state index in [-0.39, 0.29) is 5.91 Å². The Morgan fingerprint density at radius 2 is 2.00 bits per heavy atom. The first kappa shape index (κ1) is 12.0. The van der Waals surface area contributed by atoms with Gasteiger partial charge in [-0.2, -0.15) is 0 Å². The monoisotopic (exact) mass is 225 g/mol. The number of carbonyl (C=O) groups is 1. The Labute approximate surface area is 93.6 Å². The van der Waals surface area contributed by atoms with Gasteiger partial charge in [-0.05, 0) is 24.0 Å². The minimum Gasteiger partial charge on any atom is -0.316 e. The van der Waals surface area contributed by atoms with Crippen molar-refractivity contribution in [2.75, 3.05) is 13.3 Å². The van der Waals surface area contributed by atoms with Crippen molar-refractivity contribution in [3.8, 4) is 0 Å². The lowest BCUT2D eigenvalue weighted by atomic mass is 10.1. The summed E-state index contributed by atoms with van der Waals surface area (Å²) < 4.78 is 0. The SMILES string of the molecule is CNNC(=O)C(N)c1ccc(SC)cc1. The molecule has 1 unspecified atom stereocenters. The Bertz CT molecular complexity index is 326. The number of carbonyl (C=O) groups excluding carboxylic acids is 1. The predicted molar refractivity (Wildman–Crippen MR) is 62.4 cm³/mol. The Morgan fingerprint density at radius 3 is 2.47 bits per heavy atom. The van der Waals surface area contributed by atoms with E-state index in [2.05, 4.69) is 10.9 Å². The van der Waals surface area contributed by atoms with Gasteiger partial charge in [0.25, 0.3) is 5.91 Å². The normalized spacial score (nSPS) is 12.2. The summed E-state index contributed by atoms with van der Waals surface area (Å²) in [6.07, 6.45) is 2.00. The largest absolute Gasteiger partial charge is 0.316 e. The lowest BCUT2D eigenvalue weighted by molar-refractivity contribution is -0.123. The van der Waals surface area contributed by atoms with Gasteiger partial charge in [0.1, 0.15) is 6.04 Å². The predicted octanol–water partition coefficient (Wildman–Crippen LogP) is 0.659. The number of rotatable bonds is 4. The number of hydrogen-bond donors (Lipinski definition) is 3.